The van der Waals surface area contributed by atoms with Crippen molar-refractivity contribution in [3.05, 3.63) is 53.5 Å². The molecule has 1 unspecified atom stereocenters. The van der Waals surface area contributed by atoms with Crippen LogP contribution in [0.5, 0.6) is 0 Å². The van der Waals surface area contributed by atoms with E-state index in [1.807, 2.05) is 18.2 Å². The molecule has 0 spiro atoms. The second-order valence-corrected chi connectivity index (χ2v) is 6.46. The summed E-state index contributed by atoms with van der Waals surface area (Å²) in [5.74, 6) is -0.937. The molecular weight excluding hydrogens is 320 g/mol. The number of rotatable bonds is 6. The molecule has 0 bridgehead atoms. The van der Waals surface area contributed by atoms with Crippen LogP contribution in [0.1, 0.15) is 35.0 Å². The van der Waals surface area contributed by atoms with Gasteiger partial charge in [-0.25, -0.2) is 0 Å². The Morgan fingerprint density at radius 3 is 2.84 bits per heavy atom. The van der Waals surface area contributed by atoms with Crippen LogP contribution in [0, 0.1) is 0 Å². The fraction of sp³-hybridized carbons (Fsp3) is 0.368. The van der Waals surface area contributed by atoms with Crippen LogP contribution < -0.4 is 4.90 Å². The number of carboxylic acids is 1. The number of amides is 1. The molecule has 6 nitrogen and oxygen atoms in total. The molecule has 3 rings (SSSR count). The molecule has 132 valence electrons. The third kappa shape index (κ3) is 3.52. The van der Waals surface area contributed by atoms with Gasteiger partial charge in [-0.2, -0.15) is 0 Å². The third-order valence-corrected chi connectivity index (χ3v) is 4.64. The molecular formula is C19H22N2O4. The van der Waals surface area contributed by atoms with Crippen LogP contribution in [-0.2, 0) is 17.8 Å². The quantitative estimate of drug-likeness (QED) is 0.874. The number of carbonyl (C=O) groups excluding carboxylic acids is 1. The summed E-state index contributed by atoms with van der Waals surface area (Å²) in [5.41, 5.74) is 3.31. The Bertz CT molecular complexity index is 783. The lowest BCUT2D eigenvalue weighted by atomic mass is 10.1. The molecule has 0 saturated carbocycles. The molecule has 0 aliphatic carbocycles. The summed E-state index contributed by atoms with van der Waals surface area (Å²) >= 11 is 0. The van der Waals surface area contributed by atoms with Gasteiger partial charge in [0.1, 0.15) is 0 Å². The number of hydrogen-bond donors (Lipinski definition) is 1. The van der Waals surface area contributed by atoms with Gasteiger partial charge in [0, 0.05) is 37.4 Å². The van der Waals surface area contributed by atoms with Gasteiger partial charge in [0.05, 0.1) is 12.7 Å². The molecule has 1 aliphatic rings. The summed E-state index contributed by atoms with van der Waals surface area (Å²) in [7, 11) is 1.59. The van der Waals surface area contributed by atoms with Crippen LogP contribution in [0.4, 0.5) is 5.69 Å². The van der Waals surface area contributed by atoms with E-state index in [4.69, 9.17) is 9.52 Å². The van der Waals surface area contributed by atoms with Crippen molar-refractivity contribution < 1.29 is 19.1 Å². The number of aliphatic carboxylic acids is 1. The Morgan fingerprint density at radius 1 is 1.32 bits per heavy atom. The number of furan rings is 1. The molecule has 2 aromatic rings. The van der Waals surface area contributed by atoms with E-state index in [1.54, 1.807) is 7.05 Å². The molecule has 6 heteroatoms. The van der Waals surface area contributed by atoms with Crippen molar-refractivity contribution in [2.24, 2.45) is 0 Å². The lowest BCUT2D eigenvalue weighted by Gasteiger charge is -2.25. The molecule has 1 aromatic carbocycles. The minimum absolute atomic E-state index is 0.0885. The Hall–Kier alpha value is -2.76. The number of carboxylic acid groups (broad SMARTS) is 1. The van der Waals surface area contributed by atoms with Gasteiger partial charge in [-0.05, 0) is 31.0 Å². The van der Waals surface area contributed by atoms with E-state index >= 15 is 0 Å². The second kappa shape index (κ2) is 7.01. The normalized spacial score (nSPS) is 15.9. The van der Waals surface area contributed by atoms with Crippen molar-refractivity contribution in [2.45, 2.75) is 32.4 Å². The average molecular weight is 342 g/mol. The summed E-state index contributed by atoms with van der Waals surface area (Å²) in [6, 6.07) is 10.4. The van der Waals surface area contributed by atoms with Gasteiger partial charge in [0.25, 0.3) is 5.91 Å². The molecule has 2 heterocycles. The molecule has 1 amide bonds. The number of fused-ring (bicyclic) bond motifs is 1. The lowest BCUT2D eigenvalue weighted by molar-refractivity contribution is -0.137. The van der Waals surface area contributed by atoms with Gasteiger partial charge in [-0.15, -0.1) is 0 Å². The van der Waals surface area contributed by atoms with Crippen molar-refractivity contribution in [1.29, 1.82) is 0 Å². The highest BCUT2D eigenvalue weighted by Crippen LogP contribution is 2.33. The van der Waals surface area contributed by atoms with Crippen LogP contribution in [0.3, 0.4) is 0 Å². The summed E-state index contributed by atoms with van der Waals surface area (Å²) in [6.07, 6.45) is 2.41. The summed E-state index contributed by atoms with van der Waals surface area (Å²) < 4.78 is 5.42. The first kappa shape index (κ1) is 17.1. The number of benzene rings is 1. The molecule has 0 radical (unpaired) electrons. The highest BCUT2D eigenvalue weighted by atomic mass is 16.4. The second-order valence-electron chi connectivity index (χ2n) is 6.46. The summed E-state index contributed by atoms with van der Waals surface area (Å²) in [5, 5.41) is 8.77. The van der Waals surface area contributed by atoms with Crippen LogP contribution in [0.2, 0.25) is 0 Å². The SMILES string of the molecule is CC1Cc2ccccc2N1Cc1ccoc1C(=O)N(C)CCC(=O)O. The van der Waals surface area contributed by atoms with E-state index in [0.717, 1.165) is 12.0 Å². The zero-order chi connectivity index (χ0) is 18.0. The smallest absolute Gasteiger partial charge is 0.305 e. The fourth-order valence-corrected chi connectivity index (χ4v) is 3.24. The molecule has 1 N–H and O–H groups in total. The number of anilines is 1. The van der Waals surface area contributed by atoms with Gasteiger partial charge < -0.3 is 19.3 Å². The summed E-state index contributed by atoms with van der Waals surface area (Å²) in [4.78, 5) is 26.9. The molecule has 1 aromatic heterocycles. The Kier molecular flexibility index (Phi) is 4.79. The van der Waals surface area contributed by atoms with Crippen molar-refractivity contribution in [1.82, 2.24) is 4.90 Å². The first-order valence-corrected chi connectivity index (χ1v) is 8.35. The monoisotopic (exact) mass is 342 g/mol. The van der Waals surface area contributed by atoms with Crippen LogP contribution >= 0.6 is 0 Å². The Balaban J connectivity index is 1.76. The van der Waals surface area contributed by atoms with Gasteiger partial charge in [0.2, 0.25) is 0 Å². The van der Waals surface area contributed by atoms with E-state index in [1.165, 1.54) is 22.4 Å². The van der Waals surface area contributed by atoms with E-state index in [-0.39, 0.29) is 24.6 Å². The molecule has 0 fully saturated rings. The summed E-state index contributed by atoms with van der Waals surface area (Å²) in [6.45, 7) is 2.90. The first-order chi connectivity index (χ1) is 12.0. The minimum Gasteiger partial charge on any atom is -0.481 e. The van der Waals surface area contributed by atoms with E-state index in [0.29, 0.717) is 12.6 Å². The zero-order valence-electron chi connectivity index (χ0n) is 14.4. The predicted molar refractivity (Wildman–Crippen MR) is 93.7 cm³/mol. The van der Waals surface area contributed by atoms with E-state index in [9.17, 15) is 9.59 Å². The largest absolute Gasteiger partial charge is 0.481 e. The van der Waals surface area contributed by atoms with Gasteiger partial charge in [-0.3, -0.25) is 9.59 Å². The van der Waals surface area contributed by atoms with Gasteiger partial charge in [0.15, 0.2) is 5.76 Å². The predicted octanol–water partition coefficient (Wildman–Crippen LogP) is 2.78. The van der Waals surface area contributed by atoms with Crippen LogP contribution in [0.15, 0.2) is 41.0 Å². The van der Waals surface area contributed by atoms with Crippen LogP contribution in [0.25, 0.3) is 0 Å². The topological polar surface area (TPSA) is 74.0 Å². The maximum Gasteiger partial charge on any atom is 0.305 e. The number of hydrogen-bond acceptors (Lipinski definition) is 4. The van der Waals surface area contributed by atoms with Gasteiger partial charge >= 0.3 is 5.97 Å². The zero-order valence-corrected chi connectivity index (χ0v) is 14.4. The lowest BCUT2D eigenvalue weighted by Crippen LogP contribution is -2.32. The number of para-hydroxylation sites is 1. The van der Waals surface area contributed by atoms with Gasteiger partial charge in [-0.1, -0.05) is 18.2 Å². The van der Waals surface area contributed by atoms with Crippen molar-refractivity contribution in [2.75, 3.05) is 18.5 Å². The number of nitrogens with zero attached hydrogens (tertiary/aromatic N) is 2. The van der Waals surface area contributed by atoms with E-state index in [2.05, 4.69) is 24.0 Å². The van der Waals surface area contributed by atoms with Crippen molar-refractivity contribution in [3.63, 3.8) is 0 Å². The number of carbonyl (C=O) groups is 2. The standard InChI is InChI=1S/C19H22N2O4/c1-13-11-14-5-3-4-6-16(14)21(13)12-15-8-10-25-18(15)19(24)20(2)9-7-17(22)23/h3-6,8,10,13H,7,9,11-12H2,1-2H3,(H,22,23). The van der Waals surface area contributed by atoms with Crippen molar-refractivity contribution in [3.8, 4) is 0 Å². The Morgan fingerprint density at radius 2 is 2.08 bits per heavy atom. The van der Waals surface area contributed by atoms with Crippen LogP contribution in [-0.4, -0.2) is 41.5 Å². The third-order valence-electron chi connectivity index (χ3n) is 4.64. The molecule has 25 heavy (non-hydrogen) atoms. The molecule has 1 atom stereocenters. The molecule has 1 aliphatic heterocycles. The average Bonchev–Trinajstić information content (AvgIpc) is 3.17. The fourth-order valence-electron chi connectivity index (χ4n) is 3.24. The van der Waals surface area contributed by atoms with E-state index < -0.39 is 5.97 Å². The highest BCUT2D eigenvalue weighted by Gasteiger charge is 2.28. The van der Waals surface area contributed by atoms with Crippen molar-refractivity contribution >= 4 is 17.6 Å². The highest BCUT2D eigenvalue weighted by molar-refractivity contribution is 5.93. The maximum absolute atomic E-state index is 12.6. The minimum atomic E-state index is -0.929. The first-order valence-electron chi connectivity index (χ1n) is 8.35. The Labute approximate surface area is 146 Å². The maximum atomic E-state index is 12.6. The molecule has 0 saturated heterocycles.